The number of ether oxygens (including phenoxy) is 4. The SMILES string of the molecule is COC1=NC(CC(COc2ccccc2OC)OC)CCCC1. The van der Waals surface area contributed by atoms with Gasteiger partial charge in [-0.15, -0.1) is 0 Å². The van der Waals surface area contributed by atoms with Crippen molar-refractivity contribution in [2.24, 2.45) is 4.99 Å². The highest BCUT2D eigenvalue weighted by atomic mass is 16.5. The Morgan fingerprint density at radius 3 is 2.57 bits per heavy atom. The highest BCUT2D eigenvalue weighted by Crippen LogP contribution is 2.26. The Hall–Kier alpha value is -1.75. The second-order valence-corrected chi connectivity index (χ2v) is 5.68. The van der Waals surface area contributed by atoms with Gasteiger partial charge >= 0.3 is 0 Å². The van der Waals surface area contributed by atoms with Crippen LogP contribution in [-0.2, 0) is 9.47 Å². The van der Waals surface area contributed by atoms with Gasteiger partial charge in [-0.1, -0.05) is 18.6 Å². The Labute approximate surface area is 138 Å². The molecule has 2 unspecified atom stereocenters. The highest BCUT2D eigenvalue weighted by Gasteiger charge is 2.20. The first-order chi connectivity index (χ1) is 11.3. The molecule has 0 spiro atoms. The van der Waals surface area contributed by atoms with Crippen LogP contribution in [0.3, 0.4) is 0 Å². The Balaban J connectivity index is 1.92. The van der Waals surface area contributed by atoms with E-state index in [-0.39, 0.29) is 12.1 Å². The molecule has 0 bridgehead atoms. The van der Waals surface area contributed by atoms with Crippen LogP contribution in [-0.4, -0.2) is 46.0 Å². The van der Waals surface area contributed by atoms with Gasteiger partial charge in [0, 0.05) is 13.5 Å². The van der Waals surface area contributed by atoms with E-state index < -0.39 is 0 Å². The Morgan fingerprint density at radius 2 is 1.87 bits per heavy atom. The number of aliphatic imine (C=N–C) groups is 1. The zero-order valence-electron chi connectivity index (χ0n) is 14.3. The maximum atomic E-state index is 5.88. The van der Waals surface area contributed by atoms with Gasteiger partial charge in [-0.25, -0.2) is 0 Å². The largest absolute Gasteiger partial charge is 0.493 e. The molecule has 128 valence electrons. The third-order valence-corrected chi connectivity index (χ3v) is 4.10. The molecule has 5 heteroatoms. The molecule has 1 aliphatic heterocycles. The fraction of sp³-hybridized carbons (Fsp3) is 0.611. The monoisotopic (exact) mass is 321 g/mol. The van der Waals surface area contributed by atoms with E-state index in [0.29, 0.717) is 6.61 Å². The molecule has 1 aliphatic rings. The highest BCUT2D eigenvalue weighted by molar-refractivity contribution is 5.76. The van der Waals surface area contributed by atoms with E-state index in [1.807, 2.05) is 24.3 Å². The van der Waals surface area contributed by atoms with Gasteiger partial charge in [0.25, 0.3) is 0 Å². The third-order valence-electron chi connectivity index (χ3n) is 4.10. The Morgan fingerprint density at radius 1 is 1.09 bits per heavy atom. The van der Waals surface area contributed by atoms with Gasteiger partial charge < -0.3 is 18.9 Å². The van der Waals surface area contributed by atoms with Crippen LogP contribution in [0.4, 0.5) is 0 Å². The Kier molecular flexibility index (Phi) is 7.20. The van der Waals surface area contributed by atoms with Crippen LogP contribution in [0.5, 0.6) is 11.5 Å². The minimum absolute atomic E-state index is 0.00938. The number of hydrogen-bond donors (Lipinski definition) is 0. The molecule has 23 heavy (non-hydrogen) atoms. The molecule has 2 atom stereocenters. The normalized spacial score (nSPS) is 19.4. The standard InChI is InChI=1S/C18H27NO4/c1-20-15(12-14-8-4-7-11-18(19-14)22-3)13-23-17-10-6-5-9-16(17)21-2/h5-6,9-10,14-15H,4,7-8,11-13H2,1-3H3. The van der Waals surface area contributed by atoms with Gasteiger partial charge in [-0.05, 0) is 31.4 Å². The van der Waals surface area contributed by atoms with Crippen molar-refractivity contribution in [1.29, 1.82) is 0 Å². The Bertz CT molecular complexity index is 504. The van der Waals surface area contributed by atoms with Gasteiger partial charge in [0.05, 0.1) is 26.4 Å². The first-order valence-corrected chi connectivity index (χ1v) is 8.16. The average molecular weight is 321 g/mol. The summed E-state index contributed by atoms with van der Waals surface area (Å²) in [5, 5.41) is 0. The lowest BCUT2D eigenvalue weighted by atomic mass is 10.0. The maximum absolute atomic E-state index is 5.88. The number of methoxy groups -OCH3 is 3. The van der Waals surface area contributed by atoms with Crippen molar-refractivity contribution in [1.82, 2.24) is 0 Å². The average Bonchev–Trinajstić information content (AvgIpc) is 2.83. The van der Waals surface area contributed by atoms with Crippen molar-refractivity contribution >= 4 is 5.90 Å². The van der Waals surface area contributed by atoms with Crippen LogP contribution >= 0.6 is 0 Å². The fourth-order valence-corrected chi connectivity index (χ4v) is 2.77. The van der Waals surface area contributed by atoms with E-state index in [0.717, 1.165) is 43.1 Å². The van der Waals surface area contributed by atoms with Crippen LogP contribution in [0.1, 0.15) is 32.1 Å². The number of benzene rings is 1. The van der Waals surface area contributed by atoms with Crippen LogP contribution in [0.25, 0.3) is 0 Å². The summed E-state index contributed by atoms with van der Waals surface area (Å²) in [6.45, 7) is 0.477. The van der Waals surface area contributed by atoms with Crippen molar-refractivity contribution < 1.29 is 18.9 Å². The lowest BCUT2D eigenvalue weighted by molar-refractivity contribution is 0.0459. The predicted octanol–water partition coefficient (Wildman–Crippen LogP) is 3.47. The van der Waals surface area contributed by atoms with Gasteiger partial charge in [-0.3, -0.25) is 4.99 Å². The topological polar surface area (TPSA) is 49.3 Å². The molecule has 0 aliphatic carbocycles. The summed E-state index contributed by atoms with van der Waals surface area (Å²) in [5.41, 5.74) is 0. The van der Waals surface area contributed by atoms with E-state index in [1.54, 1.807) is 21.3 Å². The second-order valence-electron chi connectivity index (χ2n) is 5.68. The van der Waals surface area contributed by atoms with E-state index in [2.05, 4.69) is 0 Å². The van der Waals surface area contributed by atoms with Crippen molar-refractivity contribution in [2.75, 3.05) is 27.9 Å². The molecule has 0 saturated carbocycles. The molecular formula is C18H27NO4. The molecule has 0 amide bonds. The number of rotatable bonds is 7. The second kappa shape index (κ2) is 9.40. The van der Waals surface area contributed by atoms with Gasteiger partial charge in [0.15, 0.2) is 17.4 Å². The lowest BCUT2D eigenvalue weighted by Crippen LogP contribution is -2.25. The molecule has 0 N–H and O–H groups in total. The smallest absolute Gasteiger partial charge is 0.183 e. The molecular weight excluding hydrogens is 294 g/mol. The minimum Gasteiger partial charge on any atom is -0.493 e. The molecule has 1 aromatic carbocycles. The van der Waals surface area contributed by atoms with Crippen LogP contribution in [0.2, 0.25) is 0 Å². The lowest BCUT2D eigenvalue weighted by Gasteiger charge is -2.20. The number of nitrogens with zero attached hydrogens (tertiary/aromatic N) is 1. The number of hydrogen-bond acceptors (Lipinski definition) is 5. The van der Waals surface area contributed by atoms with Crippen molar-refractivity contribution in [3.05, 3.63) is 24.3 Å². The van der Waals surface area contributed by atoms with Crippen LogP contribution < -0.4 is 9.47 Å². The maximum Gasteiger partial charge on any atom is 0.183 e. The van der Waals surface area contributed by atoms with Crippen LogP contribution in [0, 0.1) is 0 Å². The molecule has 0 radical (unpaired) electrons. The molecule has 2 rings (SSSR count). The quantitative estimate of drug-likeness (QED) is 0.771. The zero-order valence-corrected chi connectivity index (χ0v) is 14.3. The first-order valence-electron chi connectivity index (χ1n) is 8.16. The van der Waals surface area contributed by atoms with E-state index in [1.165, 1.54) is 6.42 Å². The van der Waals surface area contributed by atoms with Crippen LogP contribution in [0.15, 0.2) is 29.3 Å². The fourth-order valence-electron chi connectivity index (χ4n) is 2.77. The van der Waals surface area contributed by atoms with E-state index >= 15 is 0 Å². The summed E-state index contributed by atoms with van der Waals surface area (Å²) in [6.07, 6.45) is 5.14. The van der Waals surface area contributed by atoms with Crippen molar-refractivity contribution in [3.8, 4) is 11.5 Å². The van der Waals surface area contributed by atoms with E-state index in [4.69, 9.17) is 23.9 Å². The molecule has 1 heterocycles. The molecule has 0 saturated heterocycles. The van der Waals surface area contributed by atoms with E-state index in [9.17, 15) is 0 Å². The van der Waals surface area contributed by atoms with Crippen molar-refractivity contribution in [3.63, 3.8) is 0 Å². The first kappa shape index (κ1) is 17.6. The van der Waals surface area contributed by atoms with Crippen molar-refractivity contribution in [2.45, 2.75) is 44.2 Å². The summed E-state index contributed by atoms with van der Waals surface area (Å²) >= 11 is 0. The van der Waals surface area contributed by atoms with Gasteiger partial charge in [0.2, 0.25) is 0 Å². The zero-order chi connectivity index (χ0) is 16.5. The summed E-state index contributed by atoms with van der Waals surface area (Å²) in [7, 11) is 5.05. The van der Waals surface area contributed by atoms with Gasteiger partial charge in [-0.2, -0.15) is 0 Å². The predicted molar refractivity (Wildman–Crippen MR) is 90.6 cm³/mol. The summed E-state index contributed by atoms with van der Waals surface area (Å²) in [5.74, 6) is 2.32. The van der Waals surface area contributed by atoms with Gasteiger partial charge in [0.1, 0.15) is 6.61 Å². The molecule has 0 aromatic heterocycles. The summed E-state index contributed by atoms with van der Waals surface area (Å²) in [6, 6.07) is 7.88. The minimum atomic E-state index is -0.00938. The summed E-state index contributed by atoms with van der Waals surface area (Å²) in [4.78, 5) is 4.70. The third kappa shape index (κ3) is 5.43. The molecule has 0 fully saturated rings. The molecule has 5 nitrogen and oxygen atoms in total. The number of para-hydroxylation sites is 2. The summed E-state index contributed by atoms with van der Waals surface area (Å²) < 4.78 is 22.1. The molecule has 1 aromatic rings.